The molecule has 0 aliphatic heterocycles. The third-order valence-electron chi connectivity index (χ3n) is 3.07. The molecule has 104 valence electrons. The van der Waals surface area contributed by atoms with Crippen molar-refractivity contribution in [3.8, 4) is 0 Å². The number of nitrogens with one attached hydrogen (secondary N) is 1. The van der Waals surface area contributed by atoms with Gasteiger partial charge in [-0.1, -0.05) is 25.7 Å². The Kier molecular flexibility index (Phi) is 7.12. The van der Waals surface area contributed by atoms with Crippen LogP contribution in [0.1, 0.15) is 38.5 Å². The molecule has 0 saturated heterocycles. The molecule has 1 saturated carbocycles. The van der Waals surface area contributed by atoms with Crippen molar-refractivity contribution < 1.29 is 14.7 Å². The first-order valence-corrected chi connectivity index (χ1v) is 7.60. The quantitative estimate of drug-likeness (QED) is 0.628. The molecule has 0 spiro atoms. The van der Waals surface area contributed by atoms with E-state index in [0.29, 0.717) is 6.04 Å². The molecule has 1 aliphatic carbocycles. The van der Waals surface area contributed by atoms with E-state index in [1.54, 1.807) is 0 Å². The lowest BCUT2D eigenvalue weighted by atomic mass is 10.1. The lowest BCUT2D eigenvalue weighted by Crippen LogP contribution is -2.37. The van der Waals surface area contributed by atoms with Crippen LogP contribution in [0.4, 0.5) is 0 Å². The Bertz CT molecular complexity index is 278. The minimum Gasteiger partial charge on any atom is -0.480 e. The summed E-state index contributed by atoms with van der Waals surface area (Å²) in [5.41, 5.74) is 5.36. The number of nitrogens with two attached hydrogens (primary N) is 1. The summed E-state index contributed by atoms with van der Waals surface area (Å²) in [7, 11) is 0. The molecule has 0 aromatic carbocycles. The van der Waals surface area contributed by atoms with Gasteiger partial charge in [-0.25, -0.2) is 0 Å². The van der Waals surface area contributed by atoms with E-state index in [2.05, 4.69) is 5.32 Å². The van der Waals surface area contributed by atoms with Crippen LogP contribution >= 0.6 is 11.8 Å². The zero-order valence-corrected chi connectivity index (χ0v) is 11.4. The maximum atomic E-state index is 11.7. The summed E-state index contributed by atoms with van der Waals surface area (Å²) >= 11 is 1.27. The van der Waals surface area contributed by atoms with Crippen molar-refractivity contribution >= 4 is 23.6 Å². The van der Waals surface area contributed by atoms with Crippen LogP contribution in [-0.2, 0) is 9.59 Å². The van der Waals surface area contributed by atoms with E-state index < -0.39 is 12.0 Å². The predicted molar refractivity (Wildman–Crippen MR) is 72.6 cm³/mol. The largest absolute Gasteiger partial charge is 0.480 e. The van der Waals surface area contributed by atoms with Crippen molar-refractivity contribution in [3.63, 3.8) is 0 Å². The van der Waals surface area contributed by atoms with Crippen LogP contribution in [0.5, 0.6) is 0 Å². The van der Waals surface area contributed by atoms with E-state index >= 15 is 0 Å². The van der Waals surface area contributed by atoms with Crippen molar-refractivity contribution in [1.82, 2.24) is 5.32 Å². The van der Waals surface area contributed by atoms with Gasteiger partial charge in [0.15, 0.2) is 0 Å². The van der Waals surface area contributed by atoms with Gasteiger partial charge in [-0.3, -0.25) is 9.59 Å². The second-order valence-electron chi connectivity index (χ2n) is 4.72. The normalized spacial score (nSPS) is 18.9. The first-order chi connectivity index (χ1) is 8.59. The van der Waals surface area contributed by atoms with Crippen molar-refractivity contribution in [3.05, 3.63) is 0 Å². The minimum atomic E-state index is -1.02. The summed E-state index contributed by atoms with van der Waals surface area (Å²) in [6.07, 6.45) is 7.00. The molecule has 18 heavy (non-hydrogen) atoms. The number of carbonyl (C=O) groups excluding carboxylic acids is 1. The standard InChI is InChI=1S/C12H22N2O3S/c13-10(12(16)17)7-18-8-11(15)14-9-5-3-1-2-4-6-9/h9-10H,1-8,13H2,(H,14,15)(H,16,17)/t10-/m1/s1. The number of carboxylic acids is 1. The molecule has 1 rings (SSSR count). The summed E-state index contributed by atoms with van der Waals surface area (Å²) < 4.78 is 0. The molecular weight excluding hydrogens is 252 g/mol. The summed E-state index contributed by atoms with van der Waals surface area (Å²) in [6.45, 7) is 0. The Morgan fingerprint density at radius 3 is 2.44 bits per heavy atom. The van der Waals surface area contributed by atoms with Crippen LogP contribution < -0.4 is 11.1 Å². The van der Waals surface area contributed by atoms with Gasteiger partial charge in [-0.05, 0) is 12.8 Å². The lowest BCUT2D eigenvalue weighted by Gasteiger charge is -2.16. The zero-order chi connectivity index (χ0) is 13.4. The molecule has 1 fully saturated rings. The number of hydrogen-bond donors (Lipinski definition) is 3. The fourth-order valence-electron chi connectivity index (χ4n) is 2.04. The minimum absolute atomic E-state index is 0.00973. The molecule has 0 aromatic rings. The highest BCUT2D eigenvalue weighted by Gasteiger charge is 2.16. The van der Waals surface area contributed by atoms with Crippen LogP contribution in [-0.4, -0.2) is 40.6 Å². The van der Waals surface area contributed by atoms with Gasteiger partial charge in [0, 0.05) is 11.8 Å². The van der Waals surface area contributed by atoms with Gasteiger partial charge in [0.2, 0.25) is 5.91 Å². The van der Waals surface area contributed by atoms with Gasteiger partial charge in [-0.15, -0.1) is 11.8 Å². The molecule has 5 nitrogen and oxygen atoms in total. The van der Waals surface area contributed by atoms with E-state index in [9.17, 15) is 9.59 Å². The van der Waals surface area contributed by atoms with Crippen LogP contribution in [0.2, 0.25) is 0 Å². The summed E-state index contributed by atoms with van der Waals surface area (Å²) in [5, 5.41) is 11.6. The van der Waals surface area contributed by atoms with Gasteiger partial charge >= 0.3 is 5.97 Å². The van der Waals surface area contributed by atoms with Gasteiger partial charge in [-0.2, -0.15) is 0 Å². The maximum absolute atomic E-state index is 11.7. The van der Waals surface area contributed by atoms with Crippen molar-refractivity contribution in [2.45, 2.75) is 50.6 Å². The fourth-order valence-corrected chi connectivity index (χ4v) is 2.83. The first-order valence-electron chi connectivity index (χ1n) is 6.45. The van der Waals surface area contributed by atoms with Crippen LogP contribution in [0, 0.1) is 0 Å². The molecular formula is C12H22N2O3S. The van der Waals surface area contributed by atoms with Crippen LogP contribution in [0.25, 0.3) is 0 Å². The van der Waals surface area contributed by atoms with E-state index in [1.165, 1.54) is 37.4 Å². The summed E-state index contributed by atoms with van der Waals surface area (Å²) in [6, 6.07) is -0.588. The Morgan fingerprint density at radius 2 is 1.89 bits per heavy atom. The average Bonchev–Trinajstić information content (AvgIpc) is 2.57. The van der Waals surface area contributed by atoms with E-state index in [1.807, 2.05) is 0 Å². The molecule has 0 aromatic heterocycles. The number of hydrogen-bond acceptors (Lipinski definition) is 4. The molecule has 0 unspecified atom stereocenters. The molecule has 0 heterocycles. The van der Waals surface area contributed by atoms with Gasteiger partial charge in [0.25, 0.3) is 0 Å². The molecule has 0 radical (unpaired) electrons. The van der Waals surface area contributed by atoms with Crippen molar-refractivity contribution in [2.75, 3.05) is 11.5 Å². The molecule has 1 atom stereocenters. The summed E-state index contributed by atoms with van der Waals surface area (Å²) in [5.74, 6) is -0.471. The maximum Gasteiger partial charge on any atom is 0.321 e. The van der Waals surface area contributed by atoms with E-state index in [0.717, 1.165) is 12.8 Å². The van der Waals surface area contributed by atoms with E-state index in [4.69, 9.17) is 10.8 Å². The number of aliphatic carboxylic acids is 1. The predicted octanol–water partition coefficient (Wildman–Crippen LogP) is 0.970. The van der Waals surface area contributed by atoms with Gasteiger partial charge in [0.05, 0.1) is 5.75 Å². The number of carboxylic acid groups (broad SMARTS) is 1. The lowest BCUT2D eigenvalue weighted by molar-refractivity contribution is -0.138. The van der Waals surface area contributed by atoms with Crippen LogP contribution in [0.15, 0.2) is 0 Å². The molecule has 6 heteroatoms. The molecule has 0 bridgehead atoms. The average molecular weight is 274 g/mol. The number of rotatable bonds is 6. The zero-order valence-electron chi connectivity index (χ0n) is 10.6. The number of amides is 1. The Morgan fingerprint density at radius 1 is 1.28 bits per heavy atom. The third kappa shape index (κ3) is 6.26. The third-order valence-corrected chi connectivity index (χ3v) is 4.13. The smallest absolute Gasteiger partial charge is 0.321 e. The first kappa shape index (κ1) is 15.3. The van der Waals surface area contributed by atoms with E-state index in [-0.39, 0.29) is 17.4 Å². The monoisotopic (exact) mass is 274 g/mol. The Balaban J connectivity index is 2.14. The van der Waals surface area contributed by atoms with Gasteiger partial charge in [0.1, 0.15) is 6.04 Å². The second-order valence-corrected chi connectivity index (χ2v) is 5.75. The van der Waals surface area contributed by atoms with Crippen LogP contribution in [0.3, 0.4) is 0 Å². The fraction of sp³-hybridized carbons (Fsp3) is 0.833. The molecule has 1 aliphatic rings. The second kappa shape index (κ2) is 8.37. The highest BCUT2D eigenvalue weighted by Crippen LogP contribution is 2.17. The van der Waals surface area contributed by atoms with Gasteiger partial charge < -0.3 is 16.2 Å². The highest BCUT2D eigenvalue weighted by molar-refractivity contribution is 8.00. The Labute approximate surface area is 112 Å². The molecule has 4 N–H and O–H groups in total. The van der Waals surface area contributed by atoms with Crippen molar-refractivity contribution in [2.24, 2.45) is 5.73 Å². The highest BCUT2D eigenvalue weighted by atomic mass is 32.2. The SMILES string of the molecule is N[C@H](CSCC(=O)NC1CCCCCC1)C(=O)O. The number of carbonyl (C=O) groups is 2. The number of thioether (sulfide) groups is 1. The van der Waals surface area contributed by atoms with Crippen molar-refractivity contribution in [1.29, 1.82) is 0 Å². The topological polar surface area (TPSA) is 92.4 Å². The summed E-state index contributed by atoms with van der Waals surface area (Å²) in [4.78, 5) is 22.1. The molecule has 1 amide bonds. The Hall–Kier alpha value is -0.750.